The summed E-state index contributed by atoms with van der Waals surface area (Å²) in [6, 6.07) is 8.46. The number of carbonyl (C=O) groups is 1. The average Bonchev–Trinajstić information content (AvgIpc) is 2.84. The lowest BCUT2D eigenvalue weighted by molar-refractivity contribution is -0.122. The first-order valence-electron chi connectivity index (χ1n) is 6.55. The zero-order valence-electron chi connectivity index (χ0n) is 10.3. The first-order chi connectivity index (χ1) is 8.83. The molecule has 2 aliphatic rings. The SMILES string of the molecule is O=C(NC1CCSCC1)[C@@H]1Cc2ccccc2N1. The number of para-hydroxylation sites is 1. The Morgan fingerprint density at radius 2 is 2.06 bits per heavy atom. The lowest BCUT2D eigenvalue weighted by Gasteiger charge is -2.24. The van der Waals surface area contributed by atoms with Gasteiger partial charge in [0.2, 0.25) is 5.91 Å². The zero-order chi connectivity index (χ0) is 12.4. The molecule has 1 fully saturated rings. The quantitative estimate of drug-likeness (QED) is 0.857. The molecule has 0 saturated carbocycles. The Hall–Kier alpha value is -1.16. The molecule has 0 aliphatic carbocycles. The number of hydrogen-bond donors (Lipinski definition) is 2. The van der Waals surface area contributed by atoms with Crippen molar-refractivity contribution in [2.75, 3.05) is 16.8 Å². The third-order valence-electron chi connectivity index (χ3n) is 3.66. The lowest BCUT2D eigenvalue weighted by Crippen LogP contribution is -2.45. The smallest absolute Gasteiger partial charge is 0.243 e. The minimum Gasteiger partial charge on any atom is -0.373 e. The second-order valence-corrected chi connectivity index (χ2v) is 6.18. The summed E-state index contributed by atoms with van der Waals surface area (Å²) in [6.45, 7) is 0. The fourth-order valence-electron chi connectivity index (χ4n) is 2.60. The molecule has 0 spiro atoms. The van der Waals surface area contributed by atoms with E-state index in [0.29, 0.717) is 6.04 Å². The third-order valence-corrected chi connectivity index (χ3v) is 4.70. The summed E-state index contributed by atoms with van der Waals surface area (Å²) in [5.74, 6) is 2.50. The fourth-order valence-corrected chi connectivity index (χ4v) is 3.71. The van der Waals surface area contributed by atoms with Gasteiger partial charge in [-0.25, -0.2) is 0 Å². The van der Waals surface area contributed by atoms with Crippen molar-refractivity contribution in [3.8, 4) is 0 Å². The number of thioether (sulfide) groups is 1. The van der Waals surface area contributed by atoms with Crippen LogP contribution in [0.25, 0.3) is 0 Å². The van der Waals surface area contributed by atoms with Gasteiger partial charge in [0.05, 0.1) is 0 Å². The van der Waals surface area contributed by atoms with Crippen LogP contribution >= 0.6 is 11.8 Å². The van der Waals surface area contributed by atoms with Gasteiger partial charge in [0, 0.05) is 18.2 Å². The molecule has 1 aromatic rings. The molecule has 0 radical (unpaired) electrons. The molecular weight excluding hydrogens is 244 g/mol. The second kappa shape index (κ2) is 5.22. The van der Waals surface area contributed by atoms with Crippen LogP contribution in [0.1, 0.15) is 18.4 Å². The maximum atomic E-state index is 12.2. The number of fused-ring (bicyclic) bond motifs is 1. The molecule has 1 amide bonds. The lowest BCUT2D eigenvalue weighted by atomic mass is 10.1. The van der Waals surface area contributed by atoms with E-state index in [1.165, 1.54) is 17.1 Å². The van der Waals surface area contributed by atoms with Gasteiger partial charge < -0.3 is 10.6 Å². The molecule has 3 nitrogen and oxygen atoms in total. The Labute approximate surface area is 112 Å². The van der Waals surface area contributed by atoms with Crippen molar-refractivity contribution in [3.63, 3.8) is 0 Å². The molecule has 1 saturated heterocycles. The molecule has 3 rings (SSSR count). The van der Waals surface area contributed by atoms with Crippen molar-refractivity contribution in [2.24, 2.45) is 0 Å². The molecule has 1 atom stereocenters. The Morgan fingerprint density at radius 1 is 1.28 bits per heavy atom. The highest BCUT2D eigenvalue weighted by Crippen LogP contribution is 2.25. The van der Waals surface area contributed by atoms with Gasteiger partial charge in [-0.15, -0.1) is 0 Å². The maximum absolute atomic E-state index is 12.2. The highest BCUT2D eigenvalue weighted by Gasteiger charge is 2.28. The molecule has 2 N–H and O–H groups in total. The molecule has 96 valence electrons. The Morgan fingerprint density at radius 3 is 2.83 bits per heavy atom. The van der Waals surface area contributed by atoms with Crippen LogP contribution < -0.4 is 10.6 Å². The predicted molar refractivity (Wildman–Crippen MR) is 76.0 cm³/mol. The summed E-state index contributed by atoms with van der Waals surface area (Å²) in [4.78, 5) is 12.2. The molecule has 0 bridgehead atoms. The molecule has 2 heterocycles. The van der Waals surface area contributed by atoms with Gasteiger partial charge in [-0.1, -0.05) is 18.2 Å². The number of benzene rings is 1. The van der Waals surface area contributed by atoms with Crippen LogP contribution in [0.2, 0.25) is 0 Å². The summed E-state index contributed by atoms with van der Waals surface area (Å²) in [5, 5.41) is 6.49. The highest BCUT2D eigenvalue weighted by molar-refractivity contribution is 7.99. The van der Waals surface area contributed by atoms with Crippen molar-refractivity contribution >= 4 is 23.4 Å². The first kappa shape index (κ1) is 11.9. The van der Waals surface area contributed by atoms with E-state index in [1.54, 1.807) is 0 Å². The van der Waals surface area contributed by atoms with Crippen LogP contribution in [-0.4, -0.2) is 29.5 Å². The largest absolute Gasteiger partial charge is 0.373 e. The minimum atomic E-state index is -0.0861. The molecule has 2 aliphatic heterocycles. The summed E-state index contributed by atoms with van der Waals surface area (Å²) < 4.78 is 0. The van der Waals surface area contributed by atoms with Crippen LogP contribution in [0.15, 0.2) is 24.3 Å². The van der Waals surface area contributed by atoms with Crippen LogP contribution in [0.3, 0.4) is 0 Å². The predicted octanol–water partition coefficient (Wildman–Crippen LogP) is 2.03. The first-order valence-corrected chi connectivity index (χ1v) is 7.71. The number of nitrogens with one attached hydrogen (secondary N) is 2. The number of rotatable bonds is 2. The summed E-state index contributed by atoms with van der Waals surface area (Å²) in [6.07, 6.45) is 3.02. The number of carbonyl (C=O) groups excluding carboxylic acids is 1. The average molecular weight is 262 g/mol. The van der Waals surface area contributed by atoms with Crippen LogP contribution in [-0.2, 0) is 11.2 Å². The number of anilines is 1. The van der Waals surface area contributed by atoms with E-state index in [-0.39, 0.29) is 11.9 Å². The minimum absolute atomic E-state index is 0.0861. The van der Waals surface area contributed by atoms with Gasteiger partial charge in [-0.3, -0.25) is 4.79 Å². The van der Waals surface area contributed by atoms with E-state index in [9.17, 15) is 4.79 Å². The van der Waals surface area contributed by atoms with Gasteiger partial charge in [0.25, 0.3) is 0 Å². The summed E-state index contributed by atoms with van der Waals surface area (Å²) in [7, 11) is 0. The van der Waals surface area contributed by atoms with Crippen molar-refractivity contribution in [1.82, 2.24) is 5.32 Å². The van der Waals surface area contributed by atoms with E-state index < -0.39 is 0 Å². The Kier molecular flexibility index (Phi) is 3.46. The zero-order valence-corrected chi connectivity index (χ0v) is 11.1. The van der Waals surface area contributed by atoms with E-state index in [4.69, 9.17) is 0 Å². The van der Waals surface area contributed by atoms with Gasteiger partial charge in [0.1, 0.15) is 6.04 Å². The molecule has 1 aromatic carbocycles. The molecule has 18 heavy (non-hydrogen) atoms. The van der Waals surface area contributed by atoms with E-state index in [2.05, 4.69) is 16.7 Å². The number of amides is 1. The number of hydrogen-bond acceptors (Lipinski definition) is 3. The fraction of sp³-hybridized carbons (Fsp3) is 0.500. The van der Waals surface area contributed by atoms with Crippen LogP contribution in [0, 0.1) is 0 Å². The van der Waals surface area contributed by atoms with Crippen molar-refractivity contribution < 1.29 is 4.79 Å². The molecule has 0 unspecified atom stereocenters. The molecular formula is C14H18N2OS. The Balaban J connectivity index is 1.58. The Bertz CT molecular complexity index is 418. The molecule has 0 aromatic heterocycles. The van der Waals surface area contributed by atoms with E-state index >= 15 is 0 Å². The van der Waals surface area contributed by atoms with Gasteiger partial charge in [0.15, 0.2) is 0 Å². The maximum Gasteiger partial charge on any atom is 0.243 e. The van der Waals surface area contributed by atoms with Crippen molar-refractivity contribution in [3.05, 3.63) is 29.8 Å². The monoisotopic (exact) mass is 262 g/mol. The third kappa shape index (κ3) is 2.48. The van der Waals surface area contributed by atoms with Gasteiger partial charge >= 0.3 is 0 Å². The normalized spacial score (nSPS) is 23.2. The van der Waals surface area contributed by atoms with Gasteiger partial charge in [-0.2, -0.15) is 11.8 Å². The molecule has 4 heteroatoms. The standard InChI is InChI=1S/C14H18N2OS/c17-14(15-11-5-7-18-8-6-11)13-9-10-3-1-2-4-12(10)16-13/h1-4,11,13,16H,5-9H2,(H,15,17)/t13-/m0/s1. The van der Waals surface area contributed by atoms with E-state index in [0.717, 1.165) is 24.9 Å². The van der Waals surface area contributed by atoms with E-state index in [1.807, 2.05) is 30.0 Å². The summed E-state index contributed by atoms with van der Waals surface area (Å²) in [5.41, 5.74) is 2.36. The highest BCUT2D eigenvalue weighted by atomic mass is 32.2. The van der Waals surface area contributed by atoms with Crippen LogP contribution in [0.5, 0.6) is 0 Å². The van der Waals surface area contributed by atoms with Crippen LogP contribution in [0.4, 0.5) is 5.69 Å². The van der Waals surface area contributed by atoms with Crippen molar-refractivity contribution in [1.29, 1.82) is 0 Å². The van der Waals surface area contributed by atoms with Gasteiger partial charge in [-0.05, 0) is 36.0 Å². The topological polar surface area (TPSA) is 41.1 Å². The van der Waals surface area contributed by atoms with Crippen molar-refractivity contribution in [2.45, 2.75) is 31.3 Å². The summed E-state index contributed by atoms with van der Waals surface area (Å²) >= 11 is 1.98. The second-order valence-electron chi connectivity index (χ2n) is 4.95.